The van der Waals surface area contributed by atoms with E-state index in [0.29, 0.717) is 18.0 Å². The zero-order chi connectivity index (χ0) is 10.1. The minimum Gasteiger partial charge on any atom is -0.652 e. The van der Waals surface area contributed by atoms with Gasteiger partial charge in [0, 0.05) is 0 Å². The monoisotopic (exact) mass is 210 g/mol. The van der Waals surface area contributed by atoms with Crippen molar-refractivity contribution in [2.75, 3.05) is 19.6 Å². The second-order valence-electron chi connectivity index (χ2n) is 4.97. The minimum absolute atomic E-state index is 0. The third kappa shape index (κ3) is 2.63. The predicted molar refractivity (Wildman–Crippen MR) is 63.0 cm³/mol. The van der Waals surface area contributed by atoms with E-state index in [2.05, 4.69) is 29.2 Å². The number of hydrogen-bond acceptors (Lipinski definition) is 1. The van der Waals surface area contributed by atoms with Crippen LogP contribution in [0.3, 0.4) is 0 Å². The Kier molecular flexibility index (Phi) is 4.32. The molecule has 2 saturated heterocycles. The van der Waals surface area contributed by atoms with E-state index in [1.54, 1.807) is 0 Å². The maximum Gasteiger partial charge on any atom is 1.00 e. The van der Waals surface area contributed by atoms with E-state index in [1.165, 1.54) is 38.9 Å². The van der Waals surface area contributed by atoms with Crippen molar-refractivity contribution in [1.29, 1.82) is 0 Å². The van der Waals surface area contributed by atoms with E-state index in [1.807, 2.05) is 0 Å². The van der Waals surface area contributed by atoms with Crippen molar-refractivity contribution in [2.24, 2.45) is 5.92 Å². The number of nitrogens with zero attached hydrogens (tertiary/aromatic N) is 2. The molecule has 0 bridgehead atoms. The summed E-state index contributed by atoms with van der Waals surface area (Å²) in [7, 11) is 0. The third-order valence-electron chi connectivity index (χ3n) is 3.81. The zero-order valence-electron chi connectivity index (χ0n) is 10.2. The van der Waals surface area contributed by atoms with E-state index < -0.39 is 0 Å². The first-order chi connectivity index (χ1) is 7.42. The third-order valence-corrected chi connectivity index (χ3v) is 3.81. The average molecular weight is 210 g/mol. The van der Waals surface area contributed by atoms with Crippen LogP contribution in [0.1, 0.15) is 19.3 Å². The Bertz CT molecular complexity index is 262. The van der Waals surface area contributed by atoms with Crippen LogP contribution in [-0.2, 0) is 0 Å². The number of allylic oxidation sites excluding steroid dienone is 2. The molecule has 1 aliphatic carbocycles. The Labute approximate surface area is 110 Å². The average Bonchev–Trinajstić information content (AvgIpc) is 2.86. The Morgan fingerprint density at radius 2 is 1.88 bits per heavy atom. The standard InChI is InChI=1S/C13H19N2.Li/c1-2-6-13-11(5-1)9-12(14-13)10-15-7-3-4-8-15;/h1-2,5-6,11-13H,3-4,7-10H2;/q-1;+1/t11-,12-,13-;/m0./s1. The molecule has 2 nitrogen and oxygen atoms in total. The van der Waals surface area contributed by atoms with Crippen LogP contribution in [0.4, 0.5) is 0 Å². The summed E-state index contributed by atoms with van der Waals surface area (Å²) in [6.07, 6.45) is 12.9. The molecule has 0 saturated carbocycles. The normalized spacial score (nSPS) is 37.4. The molecule has 3 aliphatic rings. The molecular weight excluding hydrogens is 191 g/mol. The van der Waals surface area contributed by atoms with Gasteiger partial charge in [0.2, 0.25) is 0 Å². The van der Waals surface area contributed by atoms with E-state index >= 15 is 0 Å². The minimum atomic E-state index is 0. The molecular formula is C13H19LiN2. The Morgan fingerprint density at radius 1 is 1.12 bits per heavy atom. The Balaban J connectivity index is 0.000000963. The van der Waals surface area contributed by atoms with Gasteiger partial charge in [-0.1, -0.05) is 24.6 Å². The van der Waals surface area contributed by atoms with Gasteiger partial charge in [0.05, 0.1) is 0 Å². The fourth-order valence-corrected chi connectivity index (χ4v) is 3.02. The molecule has 0 aromatic heterocycles. The predicted octanol–water partition coefficient (Wildman–Crippen LogP) is -0.657. The quantitative estimate of drug-likeness (QED) is 0.553. The van der Waals surface area contributed by atoms with Crippen LogP contribution in [0.15, 0.2) is 24.3 Å². The molecule has 3 atom stereocenters. The number of hydrogen-bond donors (Lipinski definition) is 0. The van der Waals surface area contributed by atoms with Gasteiger partial charge in [-0.2, -0.15) is 0 Å². The number of fused-ring (bicyclic) bond motifs is 1. The molecule has 3 rings (SSSR count). The van der Waals surface area contributed by atoms with Crippen molar-refractivity contribution < 1.29 is 18.9 Å². The van der Waals surface area contributed by atoms with E-state index in [4.69, 9.17) is 5.32 Å². The smallest absolute Gasteiger partial charge is 0.652 e. The molecule has 0 aromatic rings. The van der Waals surface area contributed by atoms with Crippen LogP contribution in [0.5, 0.6) is 0 Å². The van der Waals surface area contributed by atoms with Crippen molar-refractivity contribution >= 4 is 0 Å². The van der Waals surface area contributed by atoms with Gasteiger partial charge < -0.3 is 10.2 Å². The fraction of sp³-hybridized carbons (Fsp3) is 0.692. The molecule has 0 unspecified atom stereocenters. The van der Waals surface area contributed by atoms with E-state index in [9.17, 15) is 0 Å². The molecule has 3 heteroatoms. The first kappa shape index (κ1) is 12.5. The molecule has 0 amide bonds. The van der Waals surface area contributed by atoms with Crippen molar-refractivity contribution in [3.63, 3.8) is 0 Å². The Morgan fingerprint density at radius 3 is 2.62 bits per heavy atom. The summed E-state index contributed by atoms with van der Waals surface area (Å²) in [4.78, 5) is 2.58. The molecule has 82 valence electrons. The first-order valence-electron chi connectivity index (χ1n) is 6.19. The molecule has 16 heavy (non-hydrogen) atoms. The van der Waals surface area contributed by atoms with Crippen molar-refractivity contribution in [2.45, 2.75) is 31.3 Å². The fourth-order valence-electron chi connectivity index (χ4n) is 3.02. The number of likely N-dealkylation sites (tertiary alicyclic amines) is 1. The molecule has 2 aliphatic heterocycles. The van der Waals surface area contributed by atoms with Crippen LogP contribution in [0.2, 0.25) is 0 Å². The molecule has 2 heterocycles. The van der Waals surface area contributed by atoms with Crippen molar-refractivity contribution in [1.82, 2.24) is 4.90 Å². The summed E-state index contributed by atoms with van der Waals surface area (Å²) in [5, 5.41) is 4.89. The molecule has 2 fully saturated rings. The summed E-state index contributed by atoms with van der Waals surface area (Å²) in [5.41, 5.74) is 0. The number of rotatable bonds is 2. The Hall–Kier alpha value is -0.00260. The van der Waals surface area contributed by atoms with Crippen molar-refractivity contribution in [3.8, 4) is 0 Å². The van der Waals surface area contributed by atoms with Gasteiger partial charge in [0.25, 0.3) is 0 Å². The van der Waals surface area contributed by atoms with Gasteiger partial charge in [0.15, 0.2) is 0 Å². The van der Waals surface area contributed by atoms with Crippen LogP contribution in [0, 0.1) is 5.92 Å². The maximum absolute atomic E-state index is 4.89. The van der Waals surface area contributed by atoms with Crippen LogP contribution in [0.25, 0.3) is 5.32 Å². The summed E-state index contributed by atoms with van der Waals surface area (Å²) >= 11 is 0. The van der Waals surface area contributed by atoms with Gasteiger partial charge in [-0.15, -0.1) is 18.2 Å². The summed E-state index contributed by atoms with van der Waals surface area (Å²) in [5.74, 6) is 0.697. The molecule has 0 radical (unpaired) electrons. The van der Waals surface area contributed by atoms with Crippen LogP contribution < -0.4 is 18.9 Å². The van der Waals surface area contributed by atoms with E-state index in [0.717, 1.165) is 0 Å². The molecule has 0 N–H and O–H groups in total. The topological polar surface area (TPSA) is 17.3 Å². The molecule has 0 spiro atoms. The van der Waals surface area contributed by atoms with Crippen LogP contribution in [-0.4, -0.2) is 36.6 Å². The summed E-state index contributed by atoms with van der Waals surface area (Å²) < 4.78 is 0. The molecule has 0 aromatic carbocycles. The second-order valence-corrected chi connectivity index (χ2v) is 4.97. The van der Waals surface area contributed by atoms with E-state index in [-0.39, 0.29) is 18.9 Å². The van der Waals surface area contributed by atoms with Crippen LogP contribution >= 0.6 is 0 Å². The second kappa shape index (κ2) is 5.56. The van der Waals surface area contributed by atoms with Gasteiger partial charge in [-0.05, 0) is 38.4 Å². The summed E-state index contributed by atoms with van der Waals surface area (Å²) in [6.45, 7) is 3.80. The first-order valence-corrected chi connectivity index (χ1v) is 6.19. The van der Waals surface area contributed by atoms with Gasteiger partial charge in [-0.3, -0.25) is 0 Å². The maximum atomic E-state index is 4.89. The SMILES string of the molecule is C1=C[C@@H]2[N-][C@H](CN3CCCC3)C[C@@H]2C=C1.[Li+]. The largest absolute Gasteiger partial charge is 1.00 e. The van der Waals surface area contributed by atoms with Gasteiger partial charge >= 0.3 is 18.9 Å². The summed E-state index contributed by atoms with van der Waals surface area (Å²) in [6, 6.07) is 1.08. The zero-order valence-corrected chi connectivity index (χ0v) is 10.2. The van der Waals surface area contributed by atoms with Gasteiger partial charge in [-0.25, -0.2) is 0 Å². The van der Waals surface area contributed by atoms with Gasteiger partial charge in [0.1, 0.15) is 0 Å². The van der Waals surface area contributed by atoms with Crippen molar-refractivity contribution in [3.05, 3.63) is 29.6 Å².